The van der Waals surface area contributed by atoms with Gasteiger partial charge >= 0.3 is 0 Å². The fraction of sp³-hybridized carbons (Fsp3) is 0.273. The van der Waals surface area contributed by atoms with E-state index in [1.807, 2.05) is 30.3 Å². The van der Waals surface area contributed by atoms with E-state index in [9.17, 15) is 22.0 Å². The van der Waals surface area contributed by atoms with E-state index in [2.05, 4.69) is 5.10 Å². The first-order chi connectivity index (χ1) is 15.7. The average molecular weight is 495 g/mol. The number of benzene rings is 2. The van der Waals surface area contributed by atoms with Crippen LogP contribution in [0, 0.1) is 18.6 Å². The number of carbonyl (C=O) groups is 1. The zero-order valence-electron chi connectivity index (χ0n) is 17.7. The third-order valence-electron chi connectivity index (χ3n) is 5.51. The Labute approximate surface area is 195 Å². The molecule has 0 saturated carbocycles. The van der Waals surface area contributed by atoms with Gasteiger partial charge in [-0.2, -0.15) is 9.40 Å². The lowest BCUT2D eigenvalue weighted by Gasteiger charge is -2.34. The van der Waals surface area contributed by atoms with Crippen LogP contribution in [0.15, 0.2) is 53.4 Å². The number of aryl methyl sites for hydroxylation is 1. The predicted octanol–water partition coefficient (Wildman–Crippen LogP) is 3.32. The van der Waals surface area contributed by atoms with Gasteiger partial charge in [0.2, 0.25) is 10.0 Å². The molecule has 33 heavy (non-hydrogen) atoms. The SMILES string of the molecule is Cc1nn(Cc2ccccc2)c(Cl)c1C(=O)N1CCN(S(=O)(=O)c2ccc(F)c(F)c2)CC1. The number of aromatic nitrogens is 2. The molecule has 0 spiro atoms. The van der Waals surface area contributed by atoms with Gasteiger partial charge in [0.15, 0.2) is 11.6 Å². The molecule has 2 aromatic carbocycles. The third kappa shape index (κ3) is 4.64. The second-order valence-electron chi connectivity index (χ2n) is 7.67. The minimum atomic E-state index is -4.02. The minimum Gasteiger partial charge on any atom is -0.336 e. The molecule has 0 aliphatic carbocycles. The molecular weight excluding hydrogens is 474 g/mol. The molecule has 1 aliphatic heterocycles. The molecule has 7 nitrogen and oxygen atoms in total. The van der Waals surface area contributed by atoms with Crippen LogP contribution < -0.4 is 0 Å². The highest BCUT2D eigenvalue weighted by Crippen LogP contribution is 2.25. The standard InChI is InChI=1S/C22H21ClF2N4O3S/c1-15-20(21(23)29(26-15)14-16-5-3-2-4-6-16)22(30)27-9-11-28(12-10-27)33(31,32)17-7-8-18(24)19(25)13-17/h2-8,13H,9-12,14H2,1H3. The number of hydrogen-bond acceptors (Lipinski definition) is 4. The molecule has 174 valence electrons. The summed E-state index contributed by atoms with van der Waals surface area (Å²) in [7, 11) is -4.02. The number of sulfonamides is 1. The van der Waals surface area contributed by atoms with Crippen molar-refractivity contribution in [1.29, 1.82) is 0 Å². The summed E-state index contributed by atoms with van der Waals surface area (Å²) in [6, 6.07) is 12.0. The number of nitrogens with zero attached hydrogens (tertiary/aromatic N) is 4. The summed E-state index contributed by atoms with van der Waals surface area (Å²) in [6.07, 6.45) is 0. The molecule has 0 radical (unpaired) electrons. The van der Waals surface area contributed by atoms with Crippen LogP contribution in [-0.4, -0.2) is 59.5 Å². The predicted molar refractivity (Wildman–Crippen MR) is 119 cm³/mol. The summed E-state index contributed by atoms with van der Waals surface area (Å²) < 4.78 is 55.0. The fourth-order valence-electron chi connectivity index (χ4n) is 3.73. The smallest absolute Gasteiger partial charge is 0.258 e. The van der Waals surface area contributed by atoms with E-state index in [0.717, 1.165) is 22.0 Å². The second-order valence-corrected chi connectivity index (χ2v) is 9.96. The van der Waals surface area contributed by atoms with Crippen molar-refractivity contribution in [2.75, 3.05) is 26.2 Å². The first kappa shape index (κ1) is 23.3. The molecule has 1 aliphatic rings. The quantitative estimate of drug-likeness (QED) is 0.545. The first-order valence-corrected chi connectivity index (χ1v) is 12.0. The minimum absolute atomic E-state index is 0.0158. The monoisotopic (exact) mass is 494 g/mol. The Morgan fingerprint density at radius 2 is 1.70 bits per heavy atom. The van der Waals surface area contributed by atoms with Crippen LogP contribution in [0.25, 0.3) is 0 Å². The molecule has 1 saturated heterocycles. The van der Waals surface area contributed by atoms with Crippen molar-refractivity contribution < 1.29 is 22.0 Å². The number of piperazine rings is 1. The molecule has 1 amide bonds. The van der Waals surface area contributed by atoms with Crippen LogP contribution in [0.3, 0.4) is 0 Å². The summed E-state index contributed by atoms with van der Waals surface area (Å²) in [5.74, 6) is -2.69. The van der Waals surface area contributed by atoms with Gasteiger partial charge in [-0.1, -0.05) is 41.9 Å². The maximum atomic E-state index is 13.5. The molecule has 0 unspecified atom stereocenters. The van der Waals surface area contributed by atoms with Gasteiger partial charge in [0.05, 0.1) is 22.7 Å². The van der Waals surface area contributed by atoms with Gasteiger partial charge < -0.3 is 4.90 Å². The van der Waals surface area contributed by atoms with E-state index >= 15 is 0 Å². The summed E-state index contributed by atoms with van der Waals surface area (Å²) >= 11 is 6.48. The number of hydrogen-bond donors (Lipinski definition) is 0. The van der Waals surface area contributed by atoms with Gasteiger partial charge in [-0.25, -0.2) is 21.9 Å². The van der Waals surface area contributed by atoms with Crippen molar-refractivity contribution in [2.45, 2.75) is 18.4 Å². The van der Waals surface area contributed by atoms with Gasteiger partial charge in [-0.3, -0.25) is 4.79 Å². The molecule has 0 N–H and O–H groups in total. The Kier molecular flexibility index (Phi) is 6.51. The molecule has 4 rings (SSSR count). The fourth-order valence-corrected chi connectivity index (χ4v) is 5.48. The second kappa shape index (κ2) is 9.20. The van der Waals surface area contributed by atoms with Crippen molar-refractivity contribution in [3.05, 3.63) is 82.1 Å². The lowest BCUT2D eigenvalue weighted by Crippen LogP contribution is -2.50. The van der Waals surface area contributed by atoms with Gasteiger partial charge in [-0.15, -0.1) is 0 Å². The van der Waals surface area contributed by atoms with Crippen molar-refractivity contribution in [3.63, 3.8) is 0 Å². The number of rotatable bonds is 5. The summed E-state index contributed by atoms with van der Waals surface area (Å²) in [4.78, 5) is 14.3. The lowest BCUT2D eigenvalue weighted by atomic mass is 10.2. The van der Waals surface area contributed by atoms with Gasteiger partial charge in [-0.05, 0) is 30.7 Å². The molecule has 3 aromatic rings. The number of halogens is 3. The Balaban J connectivity index is 1.47. The van der Waals surface area contributed by atoms with Gasteiger partial charge in [0.25, 0.3) is 5.91 Å². The third-order valence-corrected chi connectivity index (χ3v) is 7.79. The number of amides is 1. The van der Waals surface area contributed by atoms with Crippen molar-refractivity contribution >= 4 is 27.5 Å². The largest absolute Gasteiger partial charge is 0.336 e. The normalized spacial score (nSPS) is 15.1. The van der Waals surface area contributed by atoms with Gasteiger partial charge in [0.1, 0.15) is 5.15 Å². The Bertz CT molecular complexity index is 1290. The zero-order valence-corrected chi connectivity index (χ0v) is 19.3. The molecule has 0 bridgehead atoms. The van der Waals surface area contributed by atoms with E-state index in [1.54, 1.807) is 11.6 Å². The Morgan fingerprint density at radius 3 is 2.33 bits per heavy atom. The summed E-state index contributed by atoms with van der Waals surface area (Å²) in [5.41, 5.74) is 1.75. The van der Waals surface area contributed by atoms with Crippen LogP contribution in [0.1, 0.15) is 21.6 Å². The van der Waals surface area contributed by atoms with Crippen LogP contribution >= 0.6 is 11.6 Å². The highest BCUT2D eigenvalue weighted by Gasteiger charge is 2.33. The maximum Gasteiger partial charge on any atom is 0.258 e. The first-order valence-electron chi connectivity index (χ1n) is 10.2. The van der Waals surface area contributed by atoms with E-state index in [4.69, 9.17) is 11.6 Å². The van der Waals surface area contributed by atoms with E-state index in [-0.39, 0.29) is 47.7 Å². The molecule has 1 fully saturated rings. The Hall–Kier alpha value is -2.82. The van der Waals surface area contributed by atoms with Gasteiger partial charge in [0, 0.05) is 26.2 Å². The highest BCUT2D eigenvalue weighted by molar-refractivity contribution is 7.89. The van der Waals surface area contributed by atoms with Crippen LogP contribution in [-0.2, 0) is 16.6 Å². The molecular formula is C22H21ClF2N4O3S. The molecule has 1 aromatic heterocycles. The molecule has 0 atom stereocenters. The topological polar surface area (TPSA) is 75.5 Å². The summed E-state index contributed by atoms with van der Waals surface area (Å²) in [6.45, 7) is 2.39. The van der Waals surface area contributed by atoms with Crippen LogP contribution in [0.5, 0.6) is 0 Å². The summed E-state index contributed by atoms with van der Waals surface area (Å²) in [5, 5.41) is 4.62. The maximum absolute atomic E-state index is 13.5. The Morgan fingerprint density at radius 1 is 1.03 bits per heavy atom. The highest BCUT2D eigenvalue weighted by atomic mass is 35.5. The lowest BCUT2D eigenvalue weighted by molar-refractivity contribution is 0.0697. The molecule has 2 heterocycles. The van der Waals surface area contributed by atoms with Crippen molar-refractivity contribution in [2.24, 2.45) is 0 Å². The van der Waals surface area contributed by atoms with Crippen LogP contribution in [0.2, 0.25) is 5.15 Å². The molecule has 11 heteroatoms. The zero-order chi connectivity index (χ0) is 23.8. The van der Waals surface area contributed by atoms with Crippen molar-refractivity contribution in [3.8, 4) is 0 Å². The van der Waals surface area contributed by atoms with Crippen LogP contribution in [0.4, 0.5) is 8.78 Å². The number of carbonyl (C=O) groups excluding carboxylic acids is 1. The van der Waals surface area contributed by atoms with E-state index < -0.39 is 21.7 Å². The van der Waals surface area contributed by atoms with E-state index in [1.165, 1.54) is 4.90 Å². The van der Waals surface area contributed by atoms with Crippen molar-refractivity contribution in [1.82, 2.24) is 19.0 Å². The average Bonchev–Trinajstić information content (AvgIpc) is 3.08. The van der Waals surface area contributed by atoms with E-state index in [0.29, 0.717) is 18.3 Å².